The van der Waals surface area contributed by atoms with Crippen molar-refractivity contribution in [1.82, 2.24) is 0 Å². The third kappa shape index (κ3) is 2.42. The van der Waals surface area contributed by atoms with Crippen LogP contribution >= 0.6 is 0 Å². The van der Waals surface area contributed by atoms with Crippen molar-refractivity contribution in [3.8, 4) is 0 Å². The second-order valence-electron chi connectivity index (χ2n) is 7.11. The van der Waals surface area contributed by atoms with Crippen molar-refractivity contribution in [1.29, 1.82) is 0 Å². The molecular formula is C16H27NO3. The highest BCUT2D eigenvalue weighted by Gasteiger charge is 2.49. The molecule has 3 fully saturated rings. The van der Waals surface area contributed by atoms with E-state index in [0.29, 0.717) is 12.4 Å². The normalized spacial score (nSPS) is 40.9. The van der Waals surface area contributed by atoms with Crippen LogP contribution in [-0.2, 0) is 14.3 Å². The highest BCUT2D eigenvalue weighted by Crippen LogP contribution is 2.44. The fourth-order valence-electron chi connectivity index (χ4n) is 4.31. The maximum absolute atomic E-state index is 13.0. The fourth-order valence-corrected chi connectivity index (χ4v) is 4.31. The lowest BCUT2D eigenvalue weighted by Gasteiger charge is -2.44. The minimum absolute atomic E-state index is 0.0449. The average Bonchev–Trinajstić information content (AvgIpc) is 2.80. The first-order valence-corrected chi connectivity index (χ1v) is 8.07. The van der Waals surface area contributed by atoms with Crippen LogP contribution in [-0.4, -0.2) is 37.2 Å². The molecule has 1 spiro atoms. The number of nitrogens with two attached hydrogens (primary N) is 1. The van der Waals surface area contributed by atoms with Gasteiger partial charge in [-0.25, -0.2) is 0 Å². The molecule has 1 aliphatic carbocycles. The van der Waals surface area contributed by atoms with E-state index in [2.05, 4.69) is 6.92 Å². The Balaban J connectivity index is 1.72. The number of ketones is 1. The first kappa shape index (κ1) is 14.5. The molecule has 2 aliphatic heterocycles. The number of ether oxygens (including phenoxy) is 2. The number of Topliss-reactive ketones (excluding diaryl/α,β-unsaturated/α-hetero) is 1. The molecule has 114 valence electrons. The van der Waals surface area contributed by atoms with Gasteiger partial charge in [0.15, 0.2) is 0 Å². The topological polar surface area (TPSA) is 61.5 Å². The van der Waals surface area contributed by atoms with E-state index in [1.54, 1.807) is 0 Å². The lowest BCUT2D eigenvalue weighted by molar-refractivity contribution is -0.162. The predicted octanol–water partition coefficient (Wildman–Crippen LogP) is 2.05. The van der Waals surface area contributed by atoms with Crippen molar-refractivity contribution in [3.05, 3.63) is 0 Å². The molecule has 20 heavy (non-hydrogen) atoms. The molecule has 3 atom stereocenters. The smallest absolute Gasteiger partial charge is 0.143 e. The van der Waals surface area contributed by atoms with Crippen LogP contribution in [0.25, 0.3) is 0 Å². The summed E-state index contributed by atoms with van der Waals surface area (Å²) in [6.45, 7) is 4.32. The third-order valence-corrected chi connectivity index (χ3v) is 5.86. The Morgan fingerprint density at radius 2 is 1.90 bits per heavy atom. The van der Waals surface area contributed by atoms with E-state index in [0.717, 1.165) is 58.2 Å². The van der Waals surface area contributed by atoms with Crippen molar-refractivity contribution in [3.63, 3.8) is 0 Å². The summed E-state index contributed by atoms with van der Waals surface area (Å²) >= 11 is 0. The standard InChI is InChI=1S/C16H27NO3/c1-15(5-2-3-13(15)17)14(18)12-4-8-20-16(11-12)6-9-19-10-7-16/h12-13H,2-11,17H2,1H3. The van der Waals surface area contributed by atoms with Crippen molar-refractivity contribution < 1.29 is 14.3 Å². The molecule has 1 saturated carbocycles. The van der Waals surface area contributed by atoms with Crippen LogP contribution in [0.4, 0.5) is 0 Å². The van der Waals surface area contributed by atoms with E-state index < -0.39 is 0 Å². The molecule has 2 N–H and O–H groups in total. The van der Waals surface area contributed by atoms with Gasteiger partial charge in [0.25, 0.3) is 0 Å². The number of hydrogen-bond donors (Lipinski definition) is 1. The summed E-state index contributed by atoms with van der Waals surface area (Å²) in [5, 5.41) is 0. The molecule has 3 unspecified atom stereocenters. The minimum Gasteiger partial charge on any atom is -0.381 e. The van der Waals surface area contributed by atoms with Gasteiger partial charge >= 0.3 is 0 Å². The zero-order chi connectivity index (χ0) is 14.2. The van der Waals surface area contributed by atoms with Gasteiger partial charge in [0.1, 0.15) is 5.78 Å². The van der Waals surface area contributed by atoms with E-state index in [9.17, 15) is 4.79 Å². The zero-order valence-electron chi connectivity index (χ0n) is 12.5. The van der Waals surface area contributed by atoms with E-state index in [1.807, 2.05) is 0 Å². The predicted molar refractivity (Wildman–Crippen MR) is 76.4 cm³/mol. The van der Waals surface area contributed by atoms with Gasteiger partial charge in [0.05, 0.1) is 5.60 Å². The summed E-state index contributed by atoms with van der Waals surface area (Å²) in [7, 11) is 0. The first-order chi connectivity index (χ1) is 9.56. The lowest BCUT2D eigenvalue weighted by Crippen LogP contribution is -2.50. The Hall–Kier alpha value is -0.450. The van der Waals surface area contributed by atoms with Gasteiger partial charge in [-0.2, -0.15) is 0 Å². The van der Waals surface area contributed by atoms with Crippen LogP contribution in [0.2, 0.25) is 0 Å². The van der Waals surface area contributed by atoms with E-state index in [1.165, 1.54) is 0 Å². The third-order valence-electron chi connectivity index (χ3n) is 5.86. The maximum Gasteiger partial charge on any atom is 0.143 e. The van der Waals surface area contributed by atoms with Gasteiger partial charge < -0.3 is 15.2 Å². The quantitative estimate of drug-likeness (QED) is 0.841. The summed E-state index contributed by atoms with van der Waals surface area (Å²) in [4.78, 5) is 13.0. The molecule has 0 radical (unpaired) electrons. The highest BCUT2D eigenvalue weighted by atomic mass is 16.5. The largest absolute Gasteiger partial charge is 0.381 e. The Morgan fingerprint density at radius 3 is 2.55 bits per heavy atom. The summed E-state index contributed by atoms with van der Waals surface area (Å²) in [6.07, 6.45) is 6.64. The van der Waals surface area contributed by atoms with Crippen molar-refractivity contribution >= 4 is 5.78 Å². The molecule has 0 aromatic heterocycles. The average molecular weight is 281 g/mol. The van der Waals surface area contributed by atoms with Crippen molar-refractivity contribution in [2.75, 3.05) is 19.8 Å². The van der Waals surface area contributed by atoms with E-state index in [-0.39, 0.29) is 23.0 Å². The molecule has 3 aliphatic rings. The van der Waals surface area contributed by atoms with Crippen LogP contribution in [0.5, 0.6) is 0 Å². The molecule has 2 heterocycles. The summed E-state index contributed by atoms with van der Waals surface area (Å²) in [6, 6.07) is 0.0449. The molecule has 0 aromatic rings. The van der Waals surface area contributed by atoms with E-state index >= 15 is 0 Å². The Bertz CT molecular complexity index is 372. The van der Waals surface area contributed by atoms with Crippen LogP contribution < -0.4 is 5.73 Å². The Labute approximate surface area is 121 Å². The van der Waals surface area contributed by atoms with Crippen LogP contribution in [0, 0.1) is 11.3 Å². The molecule has 0 bridgehead atoms. The maximum atomic E-state index is 13.0. The molecule has 0 aromatic carbocycles. The van der Waals surface area contributed by atoms with Crippen LogP contribution in [0.3, 0.4) is 0 Å². The first-order valence-electron chi connectivity index (χ1n) is 8.07. The molecular weight excluding hydrogens is 254 g/mol. The zero-order valence-corrected chi connectivity index (χ0v) is 12.5. The van der Waals surface area contributed by atoms with Crippen LogP contribution in [0.1, 0.15) is 51.9 Å². The van der Waals surface area contributed by atoms with Gasteiger partial charge in [-0.1, -0.05) is 13.3 Å². The number of carbonyl (C=O) groups is 1. The fraction of sp³-hybridized carbons (Fsp3) is 0.938. The molecule has 2 saturated heterocycles. The van der Waals surface area contributed by atoms with E-state index in [4.69, 9.17) is 15.2 Å². The minimum atomic E-state index is -0.297. The number of carbonyl (C=O) groups excluding carboxylic acids is 1. The second-order valence-corrected chi connectivity index (χ2v) is 7.11. The Kier molecular flexibility index (Phi) is 3.91. The molecule has 4 heteroatoms. The second kappa shape index (κ2) is 5.39. The SMILES string of the molecule is CC1(C(=O)C2CCOC3(CCOCC3)C2)CCCC1N. The number of rotatable bonds is 2. The molecule has 3 rings (SSSR count). The van der Waals surface area contributed by atoms with Gasteiger partial charge in [0, 0.05) is 37.2 Å². The van der Waals surface area contributed by atoms with Crippen molar-refractivity contribution in [2.45, 2.75) is 63.5 Å². The molecule has 0 amide bonds. The monoisotopic (exact) mass is 281 g/mol. The summed E-state index contributed by atoms with van der Waals surface area (Å²) < 4.78 is 11.5. The van der Waals surface area contributed by atoms with Gasteiger partial charge in [-0.3, -0.25) is 4.79 Å². The highest BCUT2D eigenvalue weighted by molar-refractivity contribution is 5.88. The van der Waals surface area contributed by atoms with Crippen molar-refractivity contribution in [2.24, 2.45) is 17.1 Å². The number of hydrogen-bond acceptors (Lipinski definition) is 4. The summed E-state index contributed by atoms with van der Waals surface area (Å²) in [5.41, 5.74) is 5.82. The summed E-state index contributed by atoms with van der Waals surface area (Å²) in [5.74, 6) is 0.535. The van der Waals surface area contributed by atoms with Gasteiger partial charge in [-0.05, 0) is 38.5 Å². The lowest BCUT2D eigenvalue weighted by atomic mass is 9.70. The molecule has 4 nitrogen and oxygen atoms in total. The Morgan fingerprint density at radius 1 is 1.15 bits per heavy atom. The van der Waals surface area contributed by atoms with Gasteiger partial charge in [-0.15, -0.1) is 0 Å². The van der Waals surface area contributed by atoms with Crippen LogP contribution in [0.15, 0.2) is 0 Å². The van der Waals surface area contributed by atoms with Gasteiger partial charge in [0.2, 0.25) is 0 Å².